The molecule has 1 N–H and O–H groups in total. The fraction of sp³-hybridized carbons (Fsp3) is 0.222. The highest BCUT2D eigenvalue weighted by molar-refractivity contribution is 6.51. The lowest BCUT2D eigenvalue weighted by atomic mass is 9.95. The molecular formula is C27H27N3O4. The standard InChI is InChI=1S/C27H27N3O4/c1-4-29(5-2)20-11-9-18(10-12-20)24-23(25(31)19-13-15-28-16-14-19)26(32)27(33)30(24)21-7-6-8-22(17-21)34-3/h6-17,24,31H,4-5H2,1-3H3/b25-23+. The Morgan fingerprint density at radius 2 is 1.71 bits per heavy atom. The number of Topliss-reactive ketones (excluding diaryl/α,β-unsaturated/α-hetero) is 1. The molecule has 1 aliphatic heterocycles. The second-order valence-corrected chi connectivity index (χ2v) is 7.87. The molecule has 2 heterocycles. The molecule has 1 unspecified atom stereocenters. The third kappa shape index (κ3) is 4.12. The summed E-state index contributed by atoms with van der Waals surface area (Å²) in [5.41, 5.74) is 2.72. The first kappa shape index (κ1) is 23.0. The number of ether oxygens (including phenoxy) is 1. The Bertz CT molecular complexity index is 1220. The SMILES string of the molecule is CCN(CC)c1ccc(C2/C(=C(\O)c3ccncc3)C(=O)C(=O)N2c2cccc(OC)c2)cc1. The third-order valence-electron chi connectivity index (χ3n) is 6.07. The Labute approximate surface area is 198 Å². The molecule has 1 fully saturated rings. The molecule has 34 heavy (non-hydrogen) atoms. The van der Waals surface area contributed by atoms with Gasteiger partial charge in [-0.15, -0.1) is 0 Å². The molecule has 3 aromatic rings. The largest absolute Gasteiger partial charge is 0.507 e. The van der Waals surface area contributed by atoms with Gasteiger partial charge in [-0.1, -0.05) is 18.2 Å². The van der Waals surface area contributed by atoms with Crippen molar-refractivity contribution >= 4 is 28.8 Å². The van der Waals surface area contributed by atoms with Crippen molar-refractivity contribution in [3.63, 3.8) is 0 Å². The summed E-state index contributed by atoms with van der Waals surface area (Å²) >= 11 is 0. The molecule has 4 rings (SSSR count). The number of amides is 1. The molecule has 1 aromatic heterocycles. The minimum absolute atomic E-state index is 0.0367. The van der Waals surface area contributed by atoms with Crippen molar-refractivity contribution in [2.45, 2.75) is 19.9 Å². The fourth-order valence-corrected chi connectivity index (χ4v) is 4.30. The van der Waals surface area contributed by atoms with Gasteiger partial charge >= 0.3 is 0 Å². The van der Waals surface area contributed by atoms with Crippen LogP contribution in [0.5, 0.6) is 5.75 Å². The van der Waals surface area contributed by atoms with Gasteiger partial charge in [-0.3, -0.25) is 19.5 Å². The first-order valence-corrected chi connectivity index (χ1v) is 11.2. The zero-order chi connectivity index (χ0) is 24.2. The number of carbonyl (C=O) groups excluding carboxylic acids is 2. The van der Waals surface area contributed by atoms with Gasteiger partial charge in [-0.2, -0.15) is 0 Å². The zero-order valence-corrected chi connectivity index (χ0v) is 19.4. The van der Waals surface area contributed by atoms with Gasteiger partial charge in [0.1, 0.15) is 11.5 Å². The third-order valence-corrected chi connectivity index (χ3v) is 6.07. The van der Waals surface area contributed by atoms with Gasteiger partial charge in [0, 0.05) is 48.5 Å². The van der Waals surface area contributed by atoms with E-state index in [9.17, 15) is 14.7 Å². The van der Waals surface area contributed by atoms with Crippen molar-refractivity contribution in [1.82, 2.24) is 4.98 Å². The smallest absolute Gasteiger partial charge is 0.300 e. The van der Waals surface area contributed by atoms with Gasteiger partial charge in [0.05, 0.1) is 18.7 Å². The van der Waals surface area contributed by atoms with Crippen molar-refractivity contribution in [1.29, 1.82) is 0 Å². The molecule has 0 aliphatic carbocycles. The molecule has 1 saturated heterocycles. The first-order valence-electron chi connectivity index (χ1n) is 11.2. The Morgan fingerprint density at radius 3 is 2.32 bits per heavy atom. The van der Waals surface area contributed by atoms with E-state index in [4.69, 9.17) is 4.74 Å². The van der Waals surface area contributed by atoms with Gasteiger partial charge < -0.3 is 14.7 Å². The summed E-state index contributed by atoms with van der Waals surface area (Å²) in [5.74, 6) is -1.12. The van der Waals surface area contributed by atoms with Gasteiger partial charge in [0.15, 0.2) is 0 Å². The summed E-state index contributed by atoms with van der Waals surface area (Å²) in [5, 5.41) is 11.1. The number of carbonyl (C=O) groups is 2. The molecule has 2 aromatic carbocycles. The van der Waals surface area contributed by atoms with E-state index in [1.807, 2.05) is 24.3 Å². The summed E-state index contributed by atoms with van der Waals surface area (Å²) in [6, 6.07) is 17.1. The van der Waals surface area contributed by atoms with E-state index in [1.165, 1.54) is 17.3 Å². The second-order valence-electron chi connectivity index (χ2n) is 7.87. The maximum Gasteiger partial charge on any atom is 0.300 e. The van der Waals surface area contributed by atoms with Crippen LogP contribution in [-0.4, -0.2) is 42.0 Å². The van der Waals surface area contributed by atoms with E-state index < -0.39 is 17.7 Å². The number of methoxy groups -OCH3 is 1. The average molecular weight is 458 g/mol. The summed E-state index contributed by atoms with van der Waals surface area (Å²) in [6.45, 7) is 5.90. The molecule has 0 radical (unpaired) electrons. The van der Waals surface area contributed by atoms with Crippen LogP contribution in [0.3, 0.4) is 0 Å². The Hall–Kier alpha value is -4.13. The summed E-state index contributed by atoms with van der Waals surface area (Å²) in [7, 11) is 1.54. The van der Waals surface area contributed by atoms with Crippen molar-refractivity contribution in [3.05, 3.63) is 89.8 Å². The van der Waals surface area contributed by atoms with E-state index in [-0.39, 0.29) is 11.3 Å². The maximum absolute atomic E-state index is 13.3. The number of aliphatic hydroxyl groups excluding tert-OH is 1. The molecule has 0 spiro atoms. The quantitative estimate of drug-likeness (QED) is 0.318. The highest BCUT2D eigenvalue weighted by Crippen LogP contribution is 2.43. The molecule has 0 saturated carbocycles. The summed E-state index contributed by atoms with van der Waals surface area (Å²) in [4.78, 5) is 34.1. The number of hydrogen-bond acceptors (Lipinski definition) is 6. The van der Waals surface area contributed by atoms with Crippen LogP contribution in [0.4, 0.5) is 11.4 Å². The van der Waals surface area contributed by atoms with Crippen LogP contribution in [0.1, 0.15) is 31.0 Å². The van der Waals surface area contributed by atoms with Crippen molar-refractivity contribution in [2.75, 3.05) is 30.0 Å². The monoisotopic (exact) mass is 457 g/mol. The minimum atomic E-state index is -0.800. The topological polar surface area (TPSA) is 83.0 Å². The summed E-state index contributed by atoms with van der Waals surface area (Å²) in [6.07, 6.45) is 3.06. The second kappa shape index (κ2) is 9.79. The Balaban J connectivity index is 1.89. The number of aromatic nitrogens is 1. The lowest BCUT2D eigenvalue weighted by molar-refractivity contribution is -0.132. The van der Waals surface area contributed by atoms with Crippen LogP contribution in [0.2, 0.25) is 0 Å². The maximum atomic E-state index is 13.3. The van der Waals surface area contributed by atoms with Crippen molar-refractivity contribution in [2.24, 2.45) is 0 Å². The van der Waals surface area contributed by atoms with Crippen LogP contribution in [0.25, 0.3) is 5.76 Å². The fourth-order valence-electron chi connectivity index (χ4n) is 4.30. The number of nitrogens with zero attached hydrogens (tertiary/aromatic N) is 3. The van der Waals surface area contributed by atoms with Crippen LogP contribution in [-0.2, 0) is 9.59 Å². The predicted molar refractivity (Wildman–Crippen MR) is 132 cm³/mol. The molecular weight excluding hydrogens is 430 g/mol. The van der Waals surface area contributed by atoms with E-state index >= 15 is 0 Å². The van der Waals surface area contributed by atoms with E-state index in [0.717, 1.165) is 18.8 Å². The highest BCUT2D eigenvalue weighted by Gasteiger charge is 2.47. The summed E-state index contributed by atoms with van der Waals surface area (Å²) < 4.78 is 5.33. The van der Waals surface area contributed by atoms with Gasteiger partial charge in [0.2, 0.25) is 0 Å². The van der Waals surface area contributed by atoms with Gasteiger partial charge in [-0.25, -0.2) is 0 Å². The molecule has 7 heteroatoms. The van der Waals surface area contributed by atoms with Crippen LogP contribution in [0.15, 0.2) is 78.6 Å². The number of aliphatic hydroxyl groups is 1. The Kier molecular flexibility index (Phi) is 6.63. The highest BCUT2D eigenvalue weighted by atomic mass is 16.5. The molecule has 0 bridgehead atoms. The molecule has 1 amide bonds. The molecule has 1 aliphatic rings. The average Bonchev–Trinajstić information content (AvgIpc) is 3.15. The predicted octanol–water partition coefficient (Wildman–Crippen LogP) is 4.56. The molecule has 7 nitrogen and oxygen atoms in total. The van der Waals surface area contributed by atoms with Crippen molar-refractivity contribution in [3.8, 4) is 5.75 Å². The lowest BCUT2D eigenvalue weighted by Gasteiger charge is -2.27. The molecule has 1 atom stereocenters. The Morgan fingerprint density at radius 1 is 1.03 bits per heavy atom. The van der Waals surface area contributed by atoms with Crippen LogP contribution >= 0.6 is 0 Å². The normalized spacial score (nSPS) is 17.1. The number of pyridine rings is 1. The number of hydrogen-bond donors (Lipinski definition) is 1. The van der Waals surface area contributed by atoms with Gasteiger partial charge in [-0.05, 0) is 55.8 Å². The van der Waals surface area contributed by atoms with E-state index in [1.54, 1.807) is 43.5 Å². The van der Waals surface area contributed by atoms with Crippen LogP contribution in [0, 0.1) is 0 Å². The molecule has 174 valence electrons. The number of benzene rings is 2. The lowest BCUT2D eigenvalue weighted by Crippen LogP contribution is -2.29. The number of ketones is 1. The van der Waals surface area contributed by atoms with Crippen LogP contribution < -0.4 is 14.5 Å². The van der Waals surface area contributed by atoms with E-state index in [2.05, 4.69) is 23.7 Å². The number of rotatable bonds is 7. The van der Waals surface area contributed by atoms with E-state index in [0.29, 0.717) is 22.6 Å². The first-order chi connectivity index (χ1) is 16.5. The van der Waals surface area contributed by atoms with Crippen molar-refractivity contribution < 1.29 is 19.4 Å². The van der Waals surface area contributed by atoms with Gasteiger partial charge in [0.25, 0.3) is 11.7 Å². The zero-order valence-electron chi connectivity index (χ0n) is 19.4. The number of anilines is 2. The minimum Gasteiger partial charge on any atom is -0.507 e.